The molecule has 7 fully saturated rings. The largest absolute Gasteiger partial charge is 0.481 e. The van der Waals surface area contributed by atoms with Gasteiger partial charge in [0.2, 0.25) is 0 Å². The molecule has 7 aliphatic rings. The molecule has 6 saturated carbocycles. The normalized spacial score (nSPS) is 43.6. The minimum absolute atomic E-state index is 0.0764. The van der Waals surface area contributed by atoms with Crippen LogP contribution in [-0.4, -0.2) is 85.8 Å². The fourth-order valence-electron chi connectivity index (χ4n) is 15.3. The van der Waals surface area contributed by atoms with Crippen LogP contribution >= 0.6 is 0 Å². The fraction of sp³-hybridized carbons (Fsp3) is 0.957. The number of nitrogens with one attached hydrogen (secondary N) is 1. The van der Waals surface area contributed by atoms with E-state index in [1.807, 2.05) is 0 Å². The van der Waals surface area contributed by atoms with Gasteiger partial charge in [-0.25, -0.2) is 0 Å². The fourth-order valence-corrected chi connectivity index (χ4v) is 15.3. The summed E-state index contributed by atoms with van der Waals surface area (Å²) in [5, 5.41) is 13.6. The lowest BCUT2D eigenvalue weighted by Crippen LogP contribution is -2.67. The van der Waals surface area contributed by atoms with Gasteiger partial charge in [0.05, 0.1) is 11.8 Å². The monoisotopic (exact) mass is 738 g/mol. The molecule has 0 unspecified atom stereocenters. The van der Waals surface area contributed by atoms with E-state index in [-0.39, 0.29) is 29.3 Å². The zero-order chi connectivity index (χ0) is 38.2. The van der Waals surface area contributed by atoms with Crippen molar-refractivity contribution in [3.63, 3.8) is 0 Å². The number of hydrogen-bond acceptors (Lipinski definition) is 6. The molecule has 0 amide bonds. The standard InChI is InChI=1S/C46H79N3O4/c1-40(2,39(51)52)31-37(50)53-36-15-16-43(6)34(41(36,3)4)14-17-45(8)35(43)12-11-33-38-32(42(5)19-20-42)13-18-46(38,22-21-44(33,45)7)23-25-47-24-10-26-49-29-27-48(9)28-30-49/h32-36,38,47H,10-31H2,1-9H3,(H,51,52)/t32-,33-,34+,35-,36+,38-,43+,44-,45-,46-/m1/s1. The van der Waals surface area contributed by atoms with E-state index in [1.54, 1.807) is 13.8 Å². The third kappa shape index (κ3) is 6.76. The summed E-state index contributed by atoms with van der Waals surface area (Å²) < 4.78 is 6.24. The molecule has 1 saturated heterocycles. The van der Waals surface area contributed by atoms with Crippen molar-refractivity contribution >= 4 is 11.9 Å². The quantitative estimate of drug-likeness (QED) is 0.153. The molecule has 7 heteroatoms. The Bertz CT molecular complexity index is 1370. The minimum Gasteiger partial charge on any atom is -0.481 e. The molecule has 0 bridgehead atoms. The summed E-state index contributed by atoms with van der Waals surface area (Å²) in [6.07, 6.45) is 18.3. The molecule has 7 nitrogen and oxygen atoms in total. The van der Waals surface area contributed by atoms with Crippen molar-refractivity contribution in [2.75, 3.05) is 52.9 Å². The third-order valence-electron chi connectivity index (χ3n) is 19.1. The number of esters is 1. The molecule has 0 radical (unpaired) electrons. The molecule has 0 aromatic rings. The molecule has 2 N–H and O–H groups in total. The number of carboxylic acids is 1. The average molecular weight is 738 g/mol. The number of likely N-dealkylation sites (N-methyl/N-ethyl adjacent to an activating group) is 1. The summed E-state index contributed by atoms with van der Waals surface area (Å²) >= 11 is 0. The molecule has 302 valence electrons. The van der Waals surface area contributed by atoms with Gasteiger partial charge < -0.3 is 25.0 Å². The summed E-state index contributed by atoms with van der Waals surface area (Å²) in [6.45, 7) is 27.3. The highest BCUT2D eigenvalue weighted by Crippen LogP contribution is 2.79. The van der Waals surface area contributed by atoms with Crippen LogP contribution in [0.2, 0.25) is 0 Å². The number of hydrogen-bond donors (Lipinski definition) is 2. The summed E-state index contributed by atoms with van der Waals surface area (Å²) in [7, 11) is 2.25. The summed E-state index contributed by atoms with van der Waals surface area (Å²) in [6, 6.07) is 0. The average Bonchev–Trinajstić information content (AvgIpc) is 3.71. The number of carbonyl (C=O) groups excluding carboxylic acids is 1. The molecule has 6 aliphatic carbocycles. The Balaban J connectivity index is 1.04. The van der Waals surface area contributed by atoms with Gasteiger partial charge in [-0.2, -0.15) is 0 Å². The SMILES string of the molecule is CN1CCN(CCCNCC[C@]23CC[C@@H](C4(C)CC4)[C@@H]2[C@H]2CC[C@@H]4[C@@]5(C)CC[C@H](OC(=O)CC(C)(C)C(=O)O)C(C)(C)[C@@H]5CC[C@@]4(C)[C@]2(C)CC3)CC1. The summed E-state index contributed by atoms with van der Waals surface area (Å²) in [5.74, 6) is 2.53. The van der Waals surface area contributed by atoms with Gasteiger partial charge in [0.25, 0.3) is 0 Å². The lowest BCUT2D eigenvalue weighted by Gasteiger charge is -2.73. The van der Waals surface area contributed by atoms with Gasteiger partial charge in [-0.1, -0.05) is 41.5 Å². The number of carboxylic acid groups (broad SMARTS) is 1. The maximum absolute atomic E-state index is 13.1. The van der Waals surface area contributed by atoms with Crippen LogP contribution in [0.4, 0.5) is 0 Å². The number of carbonyl (C=O) groups is 2. The Labute approximate surface area is 323 Å². The lowest BCUT2D eigenvalue weighted by atomic mass is 9.32. The molecule has 0 aromatic carbocycles. The first-order chi connectivity index (χ1) is 24.8. The van der Waals surface area contributed by atoms with Gasteiger partial charge in [0, 0.05) is 31.6 Å². The molecule has 1 heterocycles. The van der Waals surface area contributed by atoms with Crippen LogP contribution in [0.3, 0.4) is 0 Å². The molecule has 7 rings (SSSR count). The van der Waals surface area contributed by atoms with Gasteiger partial charge in [-0.15, -0.1) is 0 Å². The number of fused-ring (bicyclic) bond motifs is 7. The van der Waals surface area contributed by atoms with Crippen LogP contribution in [0, 0.1) is 67.5 Å². The topological polar surface area (TPSA) is 82.1 Å². The first-order valence-corrected chi connectivity index (χ1v) is 22.4. The van der Waals surface area contributed by atoms with Gasteiger partial charge >= 0.3 is 11.9 Å². The molecule has 1 aliphatic heterocycles. The van der Waals surface area contributed by atoms with E-state index >= 15 is 0 Å². The predicted molar refractivity (Wildman–Crippen MR) is 213 cm³/mol. The number of aliphatic carboxylic acids is 1. The second-order valence-electron chi connectivity index (χ2n) is 22.6. The van der Waals surface area contributed by atoms with E-state index in [0.717, 1.165) is 37.1 Å². The Morgan fingerprint density at radius 3 is 2.17 bits per heavy atom. The van der Waals surface area contributed by atoms with Gasteiger partial charge in [0.1, 0.15) is 6.10 Å². The maximum Gasteiger partial charge on any atom is 0.309 e. The van der Waals surface area contributed by atoms with E-state index in [4.69, 9.17) is 4.74 Å². The number of rotatable bonds is 12. The van der Waals surface area contributed by atoms with Crippen molar-refractivity contribution in [2.45, 2.75) is 158 Å². The molecule has 0 aromatic heterocycles. The summed E-state index contributed by atoms with van der Waals surface area (Å²) in [4.78, 5) is 30.0. The number of piperazine rings is 1. The van der Waals surface area contributed by atoms with E-state index in [0.29, 0.717) is 33.5 Å². The third-order valence-corrected chi connectivity index (χ3v) is 19.1. The summed E-state index contributed by atoms with van der Waals surface area (Å²) in [5.41, 5.74) is 0.795. The van der Waals surface area contributed by atoms with Crippen molar-refractivity contribution in [1.82, 2.24) is 15.1 Å². The van der Waals surface area contributed by atoms with Crippen LogP contribution in [0.15, 0.2) is 0 Å². The highest BCUT2D eigenvalue weighted by molar-refractivity contribution is 5.81. The second-order valence-corrected chi connectivity index (χ2v) is 22.6. The van der Waals surface area contributed by atoms with Crippen LogP contribution < -0.4 is 5.32 Å². The van der Waals surface area contributed by atoms with Gasteiger partial charge in [-0.05, 0) is 187 Å². The van der Waals surface area contributed by atoms with E-state index in [2.05, 4.69) is 63.7 Å². The molecule has 0 spiro atoms. The first-order valence-electron chi connectivity index (χ1n) is 22.4. The highest BCUT2D eigenvalue weighted by Gasteiger charge is 2.72. The maximum atomic E-state index is 13.1. The van der Waals surface area contributed by atoms with E-state index < -0.39 is 11.4 Å². The van der Waals surface area contributed by atoms with Crippen molar-refractivity contribution in [3.8, 4) is 0 Å². The van der Waals surface area contributed by atoms with Crippen LogP contribution in [-0.2, 0) is 14.3 Å². The number of ether oxygens (including phenoxy) is 1. The molecular weight excluding hydrogens is 659 g/mol. The smallest absolute Gasteiger partial charge is 0.309 e. The zero-order valence-corrected chi connectivity index (χ0v) is 35.6. The van der Waals surface area contributed by atoms with Crippen LogP contribution in [0.1, 0.15) is 152 Å². The molecular formula is C46H79N3O4. The number of nitrogens with zero attached hydrogens (tertiary/aromatic N) is 2. The first kappa shape index (κ1) is 40.0. The lowest BCUT2D eigenvalue weighted by molar-refractivity contribution is -0.252. The van der Waals surface area contributed by atoms with E-state index in [9.17, 15) is 14.7 Å². The van der Waals surface area contributed by atoms with Gasteiger partial charge in [-0.3, -0.25) is 9.59 Å². The highest BCUT2D eigenvalue weighted by atomic mass is 16.5. The Hall–Kier alpha value is -1.18. The minimum atomic E-state index is -1.11. The Morgan fingerprint density at radius 2 is 1.49 bits per heavy atom. The van der Waals surface area contributed by atoms with E-state index in [1.165, 1.54) is 116 Å². The van der Waals surface area contributed by atoms with Crippen molar-refractivity contribution in [3.05, 3.63) is 0 Å². The second kappa shape index (κ2) is 14.0. The van der Waals surface area contributed by atoms with Crippen LogP contribution in [0.25, 0.3) is 0 Å². The van der Waals surface area contributed by atoms with Crippen molar-refractivity contribution in [1.29, 1.82) is 0 Å². The Kier molecular flexibility index (Phi) is 10.6. The predicted octanol–water partition coefficient (Wildman–Crippen LogP) is 8.90. The van der Waals surface area contributed by atoms with Crippen molar-refractivity contribution < 1.29 is 19.4 Å². The molecule has 10 atom stereocenters. The zero-order valence-electron chi connectivity index (χ0n) is 35.6. The van der Waals surface area contributed by atoms with Crippen molar-refractivity contribution in [2.24, 2.45) is 67.5 Å². The van der Waals surface area contributed by atoms with Crippen LogP contribution in [0.5, 0.6) is 0 Å². The Morgan fingerprint density at radius 1 is 0.774 bits per heavy atom. The van der Waals surface area contributed by atoms with Gasteiger partial charge in [0.15, 0.2) is 0 Å². The molecule has 53 heavy (non-hydrogen) atoms.